The van der Waals surface area contributed by atoms with E-state index < -0.39 is 9.84 Å². The van der Waals surface area contributed by atoms with Crippen LogP contribution in [0.2, 0.25) is 0 Å². The topological polar surface area (TPSA) is 56.3 Å². The molecule has 0 aliphatic carbocycles. The highest BCUT2D eigenvalue weighted by Gasteiger charge is 2.15. The van der Waals surface area contributed by atoms with Crippen LogP contribution in [0.15, 0.2) is 52.0 Å². The lowest BCUT2D eigenvalue weighted by Crippen LogP contribution is -2.01. The van der Waals surface area contributed by atoms with Gasteiger partial charge in [0.15, 0.2) is 9.84 Å². The molecule has 2 aromatic rings. The van der Waals surface area contributed by atoms with Crippen LogP contribution < -0.4 is 4.74 Å². The number of benzene rings is 1. The lowest BCUT2D eigenvalue weighted by atomic mass is 10.3. The van der Waals surface area contributed by atoms with Crippen molar-refractivity contribution in [3.8, 4) is 11.6 Å². The molecule has 0 bridgehead atoms. The van der Waals surface area contributed by atoms with Gasteiger partial charge < -0.3 is 4.74 Å². The van der Waals surface area contributed by atoms with E-state index in [2.05, 4.69) is 20.9 Å². The third-order valence-corrected chi connectivity index (χ3v) is 3.75. The van der Waals surface area contributed by atoms with Crippen molar-refractivity contribution in [2.24, 2.45) is 0 Å². The van der Waals surface area contributed by atoms with Crippen molar-refractivity contribution < 1.29 is 13.2 Å². The summed E-state index contributed by atoms with van der Waals surface area (Å²) in [5.41, 5.74) is 0. The summed E-state index contributed by atoms with van der Waals surface area (Å²) in [6.07, 6.45) is 2.61. The van der Waals surface area contributed by atoms with Gasteiger partial charge in [-0.3, -0.25) is 0 Å². The minimum Gasteiger partial charge on any atom is -0.438 e. The molecular weight excluding hydrogens is 318 g/mol. The van der Waals surface area contributed by atoms with E-state index in [0.717, 1.165) is 10.7 Å². The Bertz CT molecular complexity index is 671. The van der Waals surface area contributed by atoms with Crippen LogP contribution >= 0.6 is 15.9 Å². The second-order valence-electron chi connectivity index (χ2n) is 3.64. The lowest BCUT2D eigenvalue weighted by Gasteiger charge is -2.08. The van der Waals surface area contributed by atoms with Crippen LogP contribution in [-0.2, 0) is 9.84 Å². The summed E-state index contributed by atoms with van der Waals surface area (Å²) >= 11 is 3.31. The zero-order chi connectivity index (χ0) is 13.2. The maximum atomic E-state index is 11.6. The summed E-state index contributed by atoms with van der Waals surface area (Å²) in [7, 11) is -3.36. The van der Waals surface area contributed by atoms with E-state index >= 15 is 0 Å². The Balaban J connectivity index is 2.41. The molecule has 1 aromatic carbocycles. The molecule has 0 unspecified atom stereocenters. The van der Waals surface area contributed by atoms with Crippen LogP contribution in [-0.4, -0.2) is 19.7 Å². The van der Waals surface area contributed by atoms with Crippen LogP contribution in [0.25, 0.3) is 0 Å². The van der Waals surface area contributed by atoms with Gasteiger partial charge in [0.2, 0.25) is 5.88 Å². The Morgan fingerprint density at radius 2 is 2.00 bits per heavy atom. The molecule has 0 radical (unpaired) electrons. The fourth-order valence-corrected chi connectivity index (χ4v) is 2.49. The first-order valence-electron chi connectivity index (χ1n) is 5.05. The van der Waals surface area contributed by atoms with Crippen molar-refractivity contribution in [2.45, 2.75) is 4.90 Å². The van der Waals surface area contributed by atoms with Gasteiger partial charge in [-0.05, 0) is 30.3 Å². The maximum absolute atomic E-state index is 11.6. The largest absolute Gasteiger partial charge is 0.438 e. The van der Waals surface area contributed by atoms with E-state index in [0.29, 0.717) is 5.75 Å². The Hall–Kier alpha value is -1.40. The molecule has 0 N–H and O–H groups in total. The van der Waals surface area contributed by atoms with Gasteiger partial charge in [-0.1, -0.05) is 22.0 Å². The molecule has 0 amide bonds. The molecule has 1 aromatic heterocycles. The first kappa shape index (κ1) is 13.0. The number of rotatable bonds is 3. The van der Waals surface area contributed by atoms with Crippen LogP contribution in [0.1, 0.15) is 0 Å². The number of hydrogen-bond donors (Lipinski definition) is 0. The summed E-state index contributed by atoms with van der Waals surface area (Å²) in [5.74, 6) is 0.603. The van der Waals surface area contributed by atoms with Gasteiger partial charge >= 0.3 is 0 Å². The van der Waals surface area contributed by atoms with E-state index in [-0.39, 0.29) is 10.8 Å². The van der Waals surface area contributed by atoms with E-state index in [4.69, 9.17) is 4.74 Å². The van der Waals surface area contributed by atoms with Crippen LogP contribution in [0.4, 0.5) is 0 Å². The van der Waals surface area contributed by atoms with Gasteiger partial charge in [-0.2, -0.15) is 0 Å². The van der Waals surface area contributed by atoms with Crippen LogP contribution in [0.5, 0.6) is 11.6 Å². The minimum absolute atomic E-state index is 0.0741. The van der Waals surface area contributed by atoms with Crippen molar-refractivity contribution in [2.75, 3.05) is 6.26 Å². The second kappa shape index (κ2) is 5.07. The molecule has 6 heteroatoms. The quantitative estimate of drug-likeness (QED) is 0.869. The predicted molar refractivity (Wildman–Crippen MR) is 71.6 cm³/mol. The van der Waals surface area contributed by atoms with Crippen molar-refractivity contribution >= 4 is 25.8 Å². The molecule has 0 aliphatic rings. The number of ether oxygens (including phenoxy) is 1. The van der Waals surface area contributed by atoms with Crippen molar-refractivity contribution in [1.82, 2.24) is 4.98 Å². The average Bonchev–Trinajstić information content (AvgIpc) is 2.28. The molecule has 4 nitrogen and oxygen atoms in total. The Morgan fingerprint density at radius 3 is 2.67 bits per heavy atom. The number of hydrogen-bond acceptors (Lipinski definition) is 4. The normalized spacial score (nSPS) is 11.2. The highest BCUT2D eigenvalue weighted by atomic mass is 79.9. The smallest absolute Gasteiger partial charge is 0.238 e. The standard InChI is InChI=1S/C12H10BrNO3S/c1-18(15,16)11-6-3-7-14-12(11)17-10-5-2-4-9(13)8-10/h2-8H,1H3. The van der Waals surface area contributed by atoms with Gasteiger partial charge in [0.05, 0.1) is 0 Å². The molecule has 94 valence electrons. The molecule has 0 spiro atoms. The van der Waals surface area contributed by atoms with E-state index in [1.54, 1.807) is 24.3 Å². The van der Waals surface area contributed by atoms with Gasteiger partial charge in [0, 0.05) is 16.9 Å². The second-order valence-corrected chi connectivity index (χ2v) is 6.54. The van der Waals surface area contributed by atoms with Crippen molar-refractivity contribution in [3.05, 3.63) is 47.1 Å². The monoisotopic (exact) mass is 327 g/mol. The number of aromatic nitrogens is 1. The molecule has 0 saturated heterocycles. The summed E-state index contributed by atoms with van der Waals surface area (Å²) < 4.78 is 29.5. The number of halogens is 1. The molecule has 0 fully saturated rings. The number of nitrogens with zero attached hydrogens (tertiary/aromatic N) is 1. The molecule has 18 heavy (non-hydrogen) atoms. The highest BCUT2D eigenvalue weighted by molar-refractivity contribution is 9.10. The van der Waals surface area contributed by atoms with E-state index in [1.165, 1.54) is 12.3 Å². The van der Waals surface area contributed by atoms with Gasteiger partial charge in [0.1, 0.15) is 10.6 Å². The number of sulfone groups is 1. The zero-order valence-electron chi connectivity index (χ0n) is 9.50. The molecule has 0 saturated carbocycles. The lowest BCUT2D eigenvalue weighted by molar-refractivity contribution is 0.447. The fraction of sp³-hybridized carbons (Fsp3) is 0.0833. The Labute approximate surface area is 114 Å². The van der Waals surface area contributed by atoms with Crippen LogP contribution in [0.3, 0.4) is 0 Å². The molecular formula is C12H10BrNO3S. The minimum atomic E-state index is -3.36. The first-order valence-corrected chi connectivity index (χ1v) is 7.74. The number of pyridine rings is 1. The van der Waals surface area contributed by atoms with Gasteiger partial charge in [-0.25, -0.2) is 13.4 Å². The maximum Gasteiger partial charge on any atom is 0.238 e. The van der Waals surface area contributed by atoms with Gasteiger partial charge in [0.25, 0.3) is 0 Å². The Kier molecular flexibility index (Phi) is 3.68. The summed E-state index contributed by atoms with van der Waals surface area (Å²) in [6.45, 7) is 0. The third kappa shape index (κ3) is 3.08. The summed E-state index contributed by atoms with van der Waals surface area (Å²) in [4.78, 5) is 4.03. The fourth-order valence-electron chi connectivity index (χ4n) is 1.38. The van der Waals surface area contributed by atoms with Gasteiger partial charge in [-0.15, -0.1) is 0 Å². The van der Waals surface area contributed by atoms with E-state index in [1.807, 2.05) is 6.07 Å². The SMILES string of the molecule is CS(=O)(=O)c1cccnc1Oc1cccc(Br)c1. The van der Waals surface area contributed by atoms with Crippen molar-refractivity contribution in [1.29, 1.82) is 0 Å². The zero-order valence-corrected chi connectivity index (χ0v) is 11.9. The molecule has 0 aliphatic heterocycles. The Morgan fingerprint density at radius 1 is 1.22 bits per heavy atom. The highest BCUT2D eigenvalue weighted by Crippen LogP contribution is 2.27. The summed E-state index contributed by atoms with van der Waals surface area (Å²) in [6, 6.07) is 10.1. The average molecular weight is 328 g/mol. The molecule has 0 atom stereocenters. The first-order chi connectivity index (χ1) is 8.47. The molecule has 2 rings (SSSR count). The third-order valence-electron chi connectivity index (χ3n) is 2.15. The predicted octanol–water partition coefficient (Wildman–Crippen LogP) is 3.04. The van der Waals surface area contributed by atoms with Crippen molar-refractivity contribution in [3.63, 3.8) is 0 Å². The summed E-state index contributed by atoms with van der Waals surface area (Å²) in [5, 5.41) is 0. The molecule has 1 heterocycles. The van der Waals surface area contributed by atoms with Crippen LogP contribution in [0, 0.1) is 0 Å². The van der Waals surface area contributed by atoms with E-state index in [9.17, 15) is 8.42 Å².